The van der Waals surface area contributed by atoms with Crippen LogP contribution in [0.5, 0.6) is 5.75 Å². The van der Waals surface area contributed by atoms with E-state index in [-0.39, 0.29) is 34.2 Å². The van der Waals surface area contributed by atoms with Crippen molar-refractivity contribution >= 4 is 44.4 Å². The molecule has 2 aromatic carbocycles. The highest BCUT2D eigenvalue weighted by Crippen LogP contribution is 2.49. The first kappa shape index (κ1) is 36.1. The zero-order valence-corrected chi connectivity index (χ0v) is 29.9. The van der Waals surface area contributed by atoms with E-state index in [2.05, 4.69) is 19.8 Å². The lowest BCUT2D eigenvalue weighted by Gasteiger charge is -2.36. The number of nitrogens with zero attached hydrogens (tertiary/aromatic N) is 4. The average molecular weight is 698 g/mol. The number of amides is 2. The van der Waals surface area contributed by atoms with E-state index in [1.165, 1.54) is 7.11 Å². The number of carboxylic acids is 1. The summed E-state index contributed by atoms with van der Waals surface area (Å²) in [6.07, 6.45) is 0.974. The molecule has 5 rings (SSSR count). The van der Waals surface area contributed by atoms with Crippen LogP contribution < -0.4 is 20.5 Å². The number of ether oxygens (including phenoxy) is 1. The molecule has 0 saturated carbocycles. The Balaban J connectivity index is 1.60. The second kappa shape index (κ2) is 14.0. The summed E-state index contributed by atoms with van der Waals surface area (Å²) in [6.45, 7) is 12.6. The molecule has 2 amide bonds. The van der Waals surface area contributed by atoms with Crippen LogP contribution in [0.15, 0.2) is 24.3 Å². The van der Waals surface area contributed by atoms with E-state index in [4.69, 9.17) is 10.5 Å². The number of carbonyl (C=O) groups is 3. The van der Waals surface area contributed by atoms with Gasteiger partial charge in [-0.15, -0.1) is 0 Å². The molecular weight excluding hydrogens is 650 g/mol. The minimum Gasteiger partial charge on any atom is -0.494 e. The Bertz CT molecular complexity index is 1880. The fourth-order valence-corrected chi connectivity index (χ4v) is 7.54. The number of hydrogen-bond acceptors (Lipinski definition) is 9. The number of aryl methyl sites for hydroxylation is 1. The number of fused-ring (bicyclic) bond motifs is 1. The van der Waals surface area contributed by atoms with Gasteiger partial charge in [-0.05, 0) is 22.6 Å². The number of carboxylic acid groups (broad SMARTS) is 1. The van der Waals surface area contributed by atoms with Crippen LogP contribution in [0.2, 0.25) is 0 Å². The SMILES string of the molecule is COc1c(C(N)=O)cc(C(C)(C)C)c(-c2c(C(=O)O)n(C)c3c(CN4CCN(C(=O)CN5CCNCC5)CC4)cccc23)c1NS(C)(=O)=O. The van der Waals surface area contributed by atoms with Gasteiger partial charge in [0.05, 0.1) is 36.7 Å². The number of aromatic carboxylic acids is 1. The second-order valence-electron chi connectivity index (χ2n) is 13.8. The number of sulfonamides is 1. The van der Waals surface area contributed by atoms with E-state index in [1.54, 1.807) is 17.7 Å². The maximum atomic E-state index is 13.1. The Labute approximate surface area is 287 Å². The monoisotopic (exact) mass is 697 g/mol. The Morgan fingerprint density at radius 2 is 1.67 bits per heavy atom. The van der Waals surface area contributed by atoms with Crippen molar-refractivity contribution in [2.24, 2.45) is 12.8 Å². The minimum absolute atomic E-state index is 0.0364. The van der Waals surface area contributed by atoms with Gasteiger partial charge in [0.2, 0.25) is 15.9 Å². The molecule has 1 aromatic heterocycles. The Hall–Kier alpha value is -4.18. The first-order valence-electron chi connectivity index (χ1n) is 16.3. The van der Waals surface area contributed by atoms with Gasteiger partial charge in [0.1, 0.15) is 5.69 Å². The predicted octanol–water partition coefficient (Wildman–Crippen LogP) is 1.87. The lowest BCUT2D eigenvalue weighted by atomic mass is 9.79. The number of nitrogens with two attached hydrogens (primary N) is 1. The van der Waals surface area contributed by atoms with Gasteiger partial charge in [-0.25, -0.2) is 13.2 Å². The summed E-state index contributed by atoms with van der Waals surface area (Å²) in [7, 11) is -0.967. The first-order chi connectivity index (χ1) is 23.0. The Morgan fingerprint density at radius 1 is 1.02 bits per heavy atom. The molecular formula is C34H47N7O7S. The Morgan fingerprint density at radius 3 is 2.22 bits per heavy atom. The molecule has 3 heterocycles. The van der Waals surface area contributed by atoms with Crippen LogP contribution >= 0.6 is 0 Å². The van der Waals surface area contributed by atoms with Gasteiger partial charge < -0.3 is 30.4 Å². The summed E-state index contributed by atoms with van der Waals surface area (Å²) in [5.41, 5.74) is 7.54. The van der Waals surface area contributed by atoms with E-state index < -0.39 is 27.3 Å². The topological polar surface area (TPSA) is 180 Å². The van der Waals surface area contributed by atoms with E-state index in [0.29, 0.717) is 61.3 Å². The van der Waals surface area contributed by atoms with Gasteiger partial charge in [-0.2, -0.15) is 0 Å². The van der Waals surface area contributed by atoms with Crippen LogP contribution in [0.4, 0.5) is 5.69 Å². The number of aromatic nitrogens is 1. The number of hydrogen-bond donors (Lipinski definition) is 4. The summed E-state index contributed by atoms with van der Waals surface area (Å²) in [6, 6.07) is 7.19. The quantitative estimate of drug-likeness (QED) is 0.244. The largest absolute Gasteiger partial charge is 0.494 e. The summed E-state index contributed by atoms with van der Waals surface area (Å²) < 4.78 is 35.3. The van der Waals surface area contributed by atoms with Crippen molar-refractivity contribution in [2.45, 2.75) is 32.7 Å². The molecule has 0 aliphatic carbocycles. The molecule has 0 bridgehead atoms. The Kier molecular flexibility index (Phi) is 10.3. The van der Waals surface area contributed by atoms with Crippen LogP contribution in [0, 0.1) is 0 Å². The van der Waals surface area contributed by atoms with Gasteiger partial charge in [-0.1, -0.05) is 39.0 Å². The number of nitrogens with one attached hydrogen (secondary N) is 2. The molecule has 266 valence electrons. The molecule has 5 N–H and O–H groups in total. The predicted molar refractivity (Wildman–Crippen MR) is 189 cm³/mol. The van der Waals surface area contributed by atoms with Crippen molar-refractivity contribution in [1.82, 2.24) is 24.6 Å². The van der Waals surface area contributed by atoms with Crippen molar-refractivity contribution in [1.29, 1.82) is 0 Å². The lowest BCUT2D eigenvalue weighted by Crippen LogP contribution is -2.53. The zero-order valence-electron chi connectivity index (χ0n) is 29.1. The van der Waals surface area contributed by atoms with Crippen LogP contribution in [-0.2, 0) is 33.8 Å². The number of anilines is 1. The van der Waals surface area contributed by atoms with E-state index in [9.17, 15) is 27.9 Å². The number of methoxy groups -OCH3 is 1. The van der Waals surface area contributed by atoms with Gasteiger partial charge in [-0.3, -0.25) is 24.1 Å². The molecule has 0 radical (unpaired) electrons. The fraction of sp³-hybridized carbons (Fsp3) is 0.500. The number of primary amides is 1. The molecule has 15 heteroatoms. The fourth-order valence-electron chi connectivity index (χ4n) is 6.98. The normalized spacial score (nSPS) is 16.6. The van der Waals surface area contributed by atoms with Gasteiger partial charge in [0.15, 0.2) is 5.75 Å². The maximum Gasteiger partial charge on any atom is 0.353 e. The van der Waals surface area contributed by atoms with Crippen molar-refractivity contribution in [3.63, 3.8) is 0 Å². The van der Waals surface area contributed by atoms with Crippen molar-refractivity contribution in [3.8, 4) is 16.9 Å². The number of piperazine rings is 2. The van der Waals surface area contributed by atoms with Crippen LogP contribution in [0.25, 0.3) is 22.0 Å². The molecule has 0 unspecified atom stereocenters. The third-order valence-corrected chi connectivity index (χ3v) is 9.86. The molecule has 2 saturated heterocycles. The maximum absolute atomic E-state index is 13.1. The first-order valence-corrected chi connectivity index (χ1v) is 18.2. The highest BCUT2D eigenvalue weighted by Gasteiger charge is 2.35. The van der Waals surface area contributed by atoms with E-state index in [1.807, 2.05) is 43.9 Å². The minimum atomic E-state index is -3.95. The van der Waals surface area contributed by atoms with Crippen molar-refractivity contribution in [2.75, 3.05) is 77.0 Å². The second-order valence-corrected chi connectivity index (χ2v) is 15.6. The summed E-state index contributed by atoms with van der Waals surface area (Å²) >= 11 is 0. The van der Waals surface area contributed by atoms with E-state index >= 15 is 0 Å². The van der Waals surface area contributed by atoms with Crippen molar-refractivity contribution in [3.05, 3.63) is 46.6 Å². The molecule has 3 aromatic rings. The summed E-state index contributed by atoms with van der Waals surface area (Å²) in [5, 5.41) is 14.6. The molecule has 2 fully saturated rings. The zero-order chi connectivity index (χ0) is 35.8. The molecule has 2 aliphatic rings. The molecule has 0 spiro atoms. The summed E-state index contributed by atoms with van der Waals surface area (Å²) in [5.74, 6) is -2.00. The highest BCUT2D eigenvalue weighted by atomic mass is 32.2. The van der Waals surface area contributed by atoms with Crippen LogP contribution in [-0.4, -0.2) is 123 Å². The smallest absolute Gasteiger partial charge is 0.353 e. The van der Waals surface area contributed by atoms with Crippen LogP contribution in [0.3, 0.4) is 0 Å². The standard InChI is InChI=1S/C34H47N7O7S/c1-34(2,3)24-18-23(32(35)43)31(48-5)28(37-49(6,46)47)27(24)26-22-9-7-8-21(29(22)38(4)30(26)33(44)45)19-40-14-16-41(17-15-40)25(42)20-39-12-10-36-11-13-39/h7-9,18,36-37H,10-17,19-20H2,1-6H3,(H2,35,43)(H,44,45). The van der Waals surface area contributed by atoms with Gasteiger partial charge in [0.25, 0.3) is 5.91 Å². The van der Waals surface area contributed by atoms with Gasteiger partial charge in [0, 0.05) is 82.5 Å². The average Bonchev–Trinajstić information content (AvgIpc) is 3.32. The summed E-state index contributed by atoms with van der Waals surface area (Å²) in [4.78, 5) is 45.1. The lowest BCUT2D eigenvalue weighted by molar-refractivity contribution is -0.134. The van der Waals surface area contributed by atoms with Crippen molar-refractivity contribution < 1.29 is 32.6 Å². The highest BCUT2D eigenvalue weighted by molar-refractivity contribution is 7.92. The molecule has 49 heavy (non-hydrogen) atoms. The number of rotatable bonds is 10. The molecule has 2 aliphatic heterocycles. The molecule has 14 nitrogen and oxygen atoms in total. The third-order valence-electron chi connectivity index (χ3n) is 9.28. The third kappa shape index (κ3) is 7.54. The van der Waals surface area contributed by atoms with Gasteiger partial charge >= 0.3 is 5.97 Å². The van der Waals surface area contributed by atoms with E-state index in [0.717, 1.165) is 38.0 Å². The number of carbonyl (C=O) groups excluding carboxylic acids is 2. The number of benzene rings is 2. The number of para-hydroxylation sites is 1. The van der Waals surface area contributed by atoms with Crippen LogP contribution in [0.1, 0.15) is 52.7 Å². The molecule has 0 atom stereocenters.